The number of ether oxygens (including phenoxy) is 4. The molecule has 38 nitrogen and oxygen atoms in total. The summed E-state index contributed by atoms with van der Waals surface area (Å²) in [5.74, 6) is -6.68. The average molecular weight is 1670 g/mol. The second-order valence-electron chi connectivity index (χ2n) is 31.1. The number of aromatic nitrogens is 8. The molecule has 5 aliphatic heterocycles. The van der Waals surface area contributed by atoms with Gasteiger partial charge in [0.2, 0.25) is 5.91 Å². The van der Waals surface area contributed by atoms with Crippen LogP contribution < -0.4 is 38.9 Å². The number of nitrogens with two attached hydrogens (primary N) is 1. The first-order valence-corrected chi connectivity index (χ1v) is 38.9. The van der Waals surface area contributed by atoms with Crippen molar-refractivity contribution in [1.82, 2.24) is 58.5 Å². The van der Waals surface area contributed by atoms with Gasteiger partial charge in [-0.3, -0.25) is 33.3 Å². The number of aliphatic carboxylic acids is 3. The monoisotopic (exact) mass is 1670 g/mol. The van der Waals surface area contributed by atoms with Gasteiger partial charge in [0.05, 0.1) is 93.9 Å². The standard InChI is InChI=1S/C15H27N5O4S.C14H22N4O3.C14H24N4O2.C10H19N5O2S.C10H17NO4.2C2HF3O2/c1-15(2,3)24-14(21)17-25(22,23)20(13-9-16-19(5)10-13)11-12-7-6-8-18(12)4;1-14(2,3)21-13(20)18-7-5-6-11(18)12(19)16-10-8-15-17(4)9-10;1-14(2,3)20-13(19)18-7-5-6-12(18)9-15-11-8-16-17(4)10-11;1-13-5-3-4-9(13)8-15(18(11,16)17)10-6-12-14(2)7-10;1-10(2,3)15-9(14)11-6-4-5-7(11)8(12)13;2*3-2(4,5)1(6)7/h9-10,12H,6-8,11H2,1-5H3,(H,17,21);8-9,11H,5-7H2,1-4H3,(H,16,19);8,10,12,15H,5-7,9H2,1-4H3;6-7,9H,3-5,8H2,1-2H3,(H2,11,16,17);7H,4-6H2,1-3H3,(H,12,13);2*(H,6,7)/p+2/t12-;11-;12-;9-;7-;;/m00000../s1. The lowest BCUT2D eigenvalue weighted by Gasteiger charge is -2.28. The van der Waals surface area contributed by atoms with E-state index in [2.05, 4.69) is 38.1 Å². The Labute approximate surface area is 653 Å². The first kappa shape index (κ1) is 97.8. The van der Waals surface area contributed by atoms with Crippen LogP contribution in [0.5, 0.6) is 0 Å². The number of halogens is 6. The Morgan fingerprint density at radius 1 is 0.513 bits per heavy atom. The summed E-state index contributed by atoms with van der Waals surface area (Å²) in [6, 6.07) is -0.566. The minimum Gasteiger partial charge on any atom is -0.480 e. The van der Waals surface area contributed by atoms with E-state index in [-0.39, 0.29) is 30.6 Å². The highest BCUT2D eigenvalue weighted by Crippen LogP contribution is 2.27. The molecule has 10 N–H and O–H groups in total. The number of amides is 5. The van der Waals surface area contributed by atoms with E-state index in [1.807, 2.05) is 71.5 Å². The van der Waals surface area contributed by atoms with Gasteiger partial charge in [-0.2, -0.15) is 63.6 Å². The number of rotatable bonds is 15. The molecule has 5 saturated heterocycles. The molecule has 0 aromatic carbocycles. The smallest absolute Gasteiger partial charge is 0.480 e. The van der Waals surface area contributed by atoms with Crippen molar-refractivity contribution < 1.29 is 126 Å². The SMILES string of the molecule is CC(C)(C)OC(=O)N1CCC[C@H]1C(=O)O.Cn1cc(N(C[C@@H]2CCC[NH+]2C)S(=O)(=O)NC(=O)OC(C)(C)C)cn1.Cn1cc(N(C[C@@H]2CCC[NH+]2C)S(N)(=O)=O)cn1.Cn1cc(NC(=O)[C@@H]2CCCN2C(=O)OC(C)(C)C)cn1.Cn1cc(NC[C@@H]2CCCN2C(=O)OC(C)(C)C)cn1.O=C(O)C(F)(F)F.O=C(O)C(F)(F)F. The second-order valence-corrected chi connectivity index (χ2v) is 34.2. The number of likely N-dealkylation sites (N-methyl/N-ethyl adjacent to an activating group) is 2. The van der Waals surface area contributed by atoms with E-state index in [0.29, 0.717) is 55.6 Å². The molecule has 113 heavy (non-hydrogen) atoms. The number of carbonyl (C=O) groups is 8. The van der Waals surface area contributed by atoms with Gasteiger partial charge in [-0.15, -0.1) is 0 Å². The first-order chi connectivity index (χ1) is 51.7. The van der Waals surface area contributed by atoms with Crippen molar-refractivity contribution in [2.45, 2.75) is 212 Å². The van der Waals surface area contributed by atoms with Gasteiger partial charge in [0.25, 0.3) is 10.2 Å². The van der Waals surface area contributed by atoms with E-state index in [1.54, 1.807) is 108 Å². The minimum atomic E-state index is -5.08. The third-order valence-corrected chi connectivity index (χ3v) is 19.0. The fourth-order valence-corrected chi connectivity index (χ4v) is 13.4. The van der Waals surface area contributed by atoms with Gasteiger partial charge >= 0.3 is 64.8 Å². The molecule has 5 fully saturated rings. The first-order valence-electron chi connectivity index (χ1n) is 36.0. The van der Waals surface area contributed by atoms with Gasteiger partial charge in [0.1, 0.15) is 46.6 Å². The number of likely N-dealkylation sites (tertiary alicyclic amines) is 5. The zero-order valence-corrected chi connectivity index (χ0v) is 68.7. The summed E-state index contributed by atoms with van der Waals surface area (Å²) in [4.78, 5) is 96.0. The molecule has 2 unspecified atom stereocenters. The Morgan fingerprint density at radius 3 is 1.22 bits per heavy atom. The highest BCUT2D eigenvalue weighted by Gasteiger charge is 2.42. The van der Waals surface area contributed by atoms with E-state index in [0.717, 1.165) is 83.2 Å². The Balaban J connectivity index is 0.000000353. The van der Waals surface area contributed by atoms with E-state index in [4.69, 9.17) is 49.0 Å². The Bertz CT molecular complexity index is 3980. The predicted octanol–water partition coefficient (Wildman–Crippen LogP) is 4.51. The fraction of sp³-hybridized carbons (Fsp3) is 0.701. The lowest BCUT2D eigenvalue weighted by Crippen LogP contribution is -3.11. The molecule has 0 bridgehead atoms. The van der Waals surface area contributed by atoms with Gasteiger partial charge in [0.15, 0.2) is 0 Å². The molecule has 0 spiro atoms. The second kappa shape index (κ2) is 41.6. The van der Waals surface area contributed by atoms with Crippen LogP contribution in [0.25, 0.3) is 0 Å². The molecular weight excluding hydrogens is 1550 g/mol. The van der Waals surface area contributed by atoms with Crippen LogP contribution in [0.15, 0.2) is 49.6 Å². The van der Waals surface area contributed by atoms with E-state index >= 15 is 0 Å². The molecule has 5 aliphatic rings. The highest BCUT2D eigenvalue weighted by atomic mass is 32.2. The fourth-order valence-electron chi connectivity index (χ4n) is 11.5. The normalized spacial score (nSPS) is 19.7. The summed E-state index contributed by atoms with van der Waals surface area (Å²) in [5.41, 5.74) is 0.169. The average Bonchev–Trinajstić information content (AvgIpc) is 1.78. The van der Waals surface area contributed by atoms with Crippen molar-refractivity contribution in [2.24, 2.45) is 33.3 Å². The van der Waals surface area contributed by atoms with Crippen molar-refractivity contribution in [2.75, 3.05) is 85.7 Å². The molecule has 0 saturated carbocycles. The van der Waals surface area contributed by atoms with Crippen LogP contribution in [-0.4, -0.2) is 266 Å². The Morgan fingerprint density at radius 2 is 0.867 bits per heavy atom. The quantitative estimate of drug-likeness (QED) is 0.0584. The van der Waals surface area contributed by atoms with Crippen LogP contribution in [0.4, 0.5) is 68.3 Å². The van der Waals surface area contributed by atoms with Crippen LogP contribution in [0.1, 0.15) is 147 Å². The van der Waals surface area contributed by atoms with E-state index in [1.165, 1.54) is 45.3 Å². The molecule has 5 amide bonds. The van der Waals surface area contributed by atoms with Crippen molar-refractivity contribution in [3.8, 4) is 0 Å². The number of carbonyl (C=O) groups excluding carboxylic acids is 5. The van der Waals surface area contributed by atoms with Crippen molar-refractivity contribution in [3.05, 3.63) is 49.6 Å². The summed E-state index contributed by atoms with van der Waals surface area (Å²) in [6.45, 7) is 26.7. The van der Waals surface area contributed by atoms with Crippen LogP contribution in [0.2, 0.25) is 0 Å². The molecule has 9 heterocycles. The Hall–Kier alpha value is -9.44. The maximum atomic E-state index is 12.8. The summed E-state index contributed by atoms with van der Waals surface area (Å²) in [5, 5.41) is 50.7. The van der Waals surface area contributed by atoms with Gasteiger partial charge in [-0.05, 0) is 122 Å². The molecule has 0 aliphatic carbocycles. The lowest BCUT2D eigenvalue weighted by molar-refractivity contribution is -0.890. The number of aryl methyl sites for hydroxylation is 4. The van der Waals surface area contributed by atoms with Crippen LogP contribution in [0.3, 0.4) is 0 Å². The van der Waals surface area contributed by atoms with Crippen molar-refractivity contribution in [3.63, 3.8) is 0 Å². The molecule has 0 radical (unpaired) electrons. The van der Waals surface area contributed by atoms with E-state index < -0.39 is 103 Å². The van der Waals surface area contributed by atoms with Gasteiger partial charge in [-0.25, -0.2) is 52.0 Å². The molecule has 7 atom stereocenters. The third-order valence-electron chi connectivity index (χ3n) is 16.6. The summed E-state index contributed by atoms with van der Waals surface area (Å²) in [6.07, 6.45) is 9.75. The lowest BCUT2D eigenvalue weighted by atomic mass is 10.2. The number of hydrogen-bond acceptors (Lipinski definition) is 21. The summed E-state index contributed by atoms with van der Waals surface area (Å²) < 4.78 is 144. The summed E-state index contributed by atoms with van der Waals surface area (Å²) in [7, 11) is 3.40. The number of carboxylic acids is 3. The molecule has 642 valence electrons. The number of quaternary nitrogens is 2. The van der Waals surface area contributed by atoms with Crippen molar-refractivity contribution >= 4 is 91.4 Å². The van der Waals surface area contributed by atoms with Crippen LogP contribution >= 0.6 is 0 Å². The van der Waals surface area contributed by atoms with Gasteiger partial charge in [-0.1, -0.05) is 0 Å². The molecule has 4 aromatic heterocycles. The summed E-state index contributed by atoms with van der Waals surface area (Å²) >= 11 is 0. The minimum absolute atomic E-state index is 0.162. The van der Waals surface area contributed by atoms with E-state index in [9.17, 15) is 71.9 Å². The molecule has 46 heteroatoms. The van der Waals surface area contributed by atoms with Crippen molar-refractivity contribution in [1.29, 1.82) is 0 Å². The number of hydrogen-bond donors (Lipinski definition) is 9. The third kappa shape index (κ3) is 35.7. The Kier molecular flexibility index (Phi) is 35.9. The number of nitrogens with one attached hydrogen (secondary N) is 5. The molecule has 4 aromatic rings. The number of alkyl halides is 6. The molecular formula is C67H113F6N19O19S2+2. The molecule has 9 rings (SSSR count). The largest absolute Gasteiger partial charge is 0.490 e. The number of anilines is 4. The maximum Gasteiger partial charge on any atom is 0.490 e. The highest BCUT2D eigenvalue weighted by molar-refractivity contribution is 7.91. The van der Waals surface area contributed by atoms with Crippen LogP contribution in [0, 0.1) is 0 Å². The number of carboxylic acid groups (broad SMARTS) is 3. The number of nitrogens with zero attached hydrogens (tertiary/aromatic N) is 13. The zero-order valence-electron chi connectivity index (χ0n) is 67.1. The van der Waals surface area contributed by atoms with Gasteiger partial charge < -0.3 is 59.6 Å². The topological polar surface area (TPSA) is 461 Å². The predicted molar refractivity (Wildman–Crippen MR) is 398 cm³/mol. The maximum absolute atomic E-state index is 12.8. The zero-order chi connectivity index (χ0) is 86.3. The van der Waals surface area contributed by atoms with Crippen LogP contribution in [-0.2, 0) is 86.7 Å². The van der Waals surface area contributed by atoms with Gasteiger partial charge in [0, 0.05) is 105 Å².